The average Bonchev–Trinajstić information content (AvgIpc) is 1.98. The van der Waals surface area contributed by atoms with E-state index in [0.29, 0.717) is 11.0 Å². The van der Waals surface area contributed by atoms with Gasteiger partial charge in [0, 0.05) is 12.1 Å². The first-order valence-corrected chi connectivity index (χ1v) is 3.91. The van der Waals surface area contributed by atoms with E-state index in [1.54, 1.807) is 0 Å². The van der Waals surface area contributed by atoms with Crippen LogP contribution in [0.2, 0.25) is 0 Å². The third-order valence-electron chi connectivity index (χ3n) is 3.61. The molecule has 2 atom stereocenters. The largest absolute Gasteiger partial charge is 0.310 e. The first kappa shape index (κ1) is 5.72. The van der Waals surface area contributed by atoms with Gasteiger partial charge in [0.2, 0.25) is 0 Å². The van der Waals surface area contributed by atoms with Gasteiger partial charge >= 0.3 is 0 Å². The van der Waals surface area contributed by atoms with Crippen molar-refractivity contribution in [2.75, 3.05) is 6.54 Å². The van der Waals surface area contributed by atoms with E-state index in [1.807, 2.05) is 0 Å². The van der Waals surface area contributed by atoms with Crippen molar-refractivity contribution in [3.05, 3.63) is 0 Å². The Morgan fingerprint density at radius 1 is 1.22 bits per heavy atom. The number of fused-ring (bicyclic) bond motifs is 1. The van der Waals surface area contributed by atoms with Gasteiger partial charge in [-0.1, -0.05) is 13.3 Å². The van der Waals surface area contributed by atoms with Gasteiger partial charge in [0.25, 0.3) is 0 Å². The Bertz CT molecular complexity index is 128. The molecule has 0 spiro atoms. The molecule has 0 amide bonds. The Kier molecular flexibility index (Phi) is 0.852. The van der Waals surface area contributed by atoms with E-state index in [2.05, 4.69) is 19.2 Å². The van der Waals surface area contributed by atoms with Crippen molar-refractivity contribution in [3.63, 3.8) is 0 Å². The molecule has 1 saturated heterocycles. The van der Waals surface area contributed by atoms with Crippen LogP contribution in [0.5, 0.6) is 0 Å². The van der Waals surface area contributed by atoms with Crippen LogP contribution in [0.4, 0.5) is 0 Å². The minimum atomic E-state index is 0.521. The van der Waals surface area contributed by atoms with Gasteiger partial charge in [0.15, 0.2) is 0 Å². The SMILES string of the molecule is C[C@]12CCC[C@]1(C)NC2. The standard InChI is InChI=1S/C8H15N/c1-7-4-3-5-8(7,2)9-6-7/h9H,3-6H2,1-2H3/t7-,8+/m1/s1. The van der Waals surface area contributed by atoms with Crippen molar-refractivity contribution in [2.45, 2.75) is 38.6 Å². The highest BCUT2D eigenvalue weighted by atomic mass is 15.1. The molecule has 1 N–H and O–H groups in total. The Hall–Kier alpha value is -0.0400. The number of nitrogens with one attached hydrogen (secondary N) is 1. The topological polar surface area (TPSA) is 12.0 Å². The zero-order chi connectivity index (χ0) is 6.54. The molecule has 1 heteroatoms. The van der Waals surface area contributed by atoms with Gasteiger partial charge in [0.1, 0.15) is 0 Å². The van der Waals surface area contributed by atoms with Gasteiger partial charge in [-0.25, -0.2) is 0 Å². The Labute approximate surface area is 56.8 Å². The molecule has 9 heavy (non-hydrogen) atoms. The summed E-state index contributed by atoms with van der Waals surface area (Å²) >= 11 is 0. The fourth-order valence-electron chi connectivity index (χ4n) is 2.28. The van der Waals surface area contributed by atoms with Crippen molar-refractivity contribution in [1.82, 2.24) is 5.32 Å². The third kappa shape index (κ3) is 0.493. The molecule has 1 nitrogen and oxygen atoms in total. The summed E-state index contributed by atoms with van der Waals surface area (Å²) in [6, 6.07) is 0. The van der Waals surface area contributed by atoms with Gasteiger partial charge in [0.05, 0.1) is 0 Å². The zero-order valence-electron chi connectivity index (χ0n) is 6.33. The molecule has 1 aliphatic carbocycles. The quantitative estimate of drug-likeness (QED) is 0.518. The highest BCUT2D eigenvalue weighted by Gasteiger charge is 2.55. The molecule has 2 aliphatic rings. The second kappa shape index (κ2) is 1.34. The van der Waals surface area contributed by atoms with Crippen LogP contribution in [0.25, 0.3) is 0 Å². The fourth-order valence-corrected chi connectivity index (χ4v) is 2.28. The lowest BCUT2D eigenvalue weighted by Crippen LogP contribution is -2.66. The van der Waals surface area contributed by atoms with E-state index in [0.717, 1.165) is 0 Å². The van der Waals surface area contributed by atoms with Gasteiger partial charge in [-0.3, -0.25) is 0 Å². The molecule has 0 aromatic rings. The van der Waals surface area contributed by atoms with Gasteiger partial charge in [-0.05, 0) is 25.2 Å². The van der Waals surface area contributed by atoms with Crippen molar-refractivity contribution in [2.24, 2.45) is 5.41 Å². The highest BCUT2D eigenvalue weighted by molar-refractivity contribution is 5.12. The molecule has 0 unspecified atom stereocenters. The summed E-state index contributed by atoms with van der Waals surface area (Å²) in [5.41, 5.74) is 1.18. The first-order chi connectivity index (χ1) is 4.16. The molecular formula is C8H15N. The smallest absolute Gasteiger partial charge is 0.0219 e. The summed E-state index contributed by atoms with van der Waals surface area (Å²) in [6.45, 7) is 6.03. The van der Waals surface area contributed by atoms with Crippen LogP contribution in [0.15, 0.2) is 0 Å². The molecule has 0 aromatic heterocycles. The van der Waals surface area contributed by atoms with E-state index in [9.17, 15) is 0 Å². The van der Waals surface area contributed by atoms with E-state index in [1.165, 1.54) is 25.8 Å². The Balaban J connectivity index is 2.26. The third-order valence-corrected chi connectivity index (χ3v) is 3.61. The molecule has 0 radical (unpaired) electrons. The molecule has 1 saturated carbocycles. The van der Waals surface area contributed by atoms with Crippen LogP contribution >= 0.6 is 0 Å². The minimum Gasteiger partial charge on any atom is -0.310 e. The monoisotopic (exact) mass is 125 g/mol. The van der Waals surface area contributed by atoms with Gasteiger partial charge < -0.3 is 5.32 Å². The predicted molar refractivity (Wildman–Crippen MR) is 38.4 cm³/mol. The van der Waals surface area contributed by atoms with Crippen molar-refractivity contribution >= 4 is 0 Å². The van der Waals surface area contributed by atoms with Crippen molar-refractivity contribution in [1.29, 1.82) is 0 Å². The molecule has 52 valence electrons. The van der Waals surface area contributed by atoms with Crippen molar-refractivity contribution in [3.8, 4) is 0 Å². The maximum Gasteiger partial charge on any atom is 0.0219 e. The second-order valence-electron chi connectivity index (χ2n) is 4.10. The number of rotatable bonds is 0. The second-order valence-corrected chi connectivity index (χ2v) is 4.10. The van der Waals surface area contributed by atoms with E-state index >= 15 is 0 Å². The lowest BCUT2D eigenvalue weighted by Gasteiger charge is -2.53. The Morgan fingerprint density at radius 3 is 2.22 bits per heavy atom. The summed E-state index contributed by atoms with van der Waals surface area (Å²) in [7, 11) is 0. The first-order valence-electron chi connectivity index (χ1n) is 3.91. The van der Waals surface area contributed by atoms with Crippen LogP contribution in [-0.4, -0.2) is 12.1 Å². The summed E-state index contributed by atoms with van der Waals surface area (Å²) in [5, 5.41) is 3.52. The van der Waals surface area contributed by atoms with E-state index in [-0.39, 0.29) is 0 Å². The summed E-state index contributed by atoms with van der Waals surface area (Å²) in [4.78, 5) is 0. The van der Waals surface area contributed by atoms with Gasteiger partial charge in [-0.2, -0.15) is 0 Å². The van der Waals surface area contributed by atoms with Crippen LogP contribution in [-0.2, 0) is 0 Å². The number of hydrogen-bond donors (Lipinski definition) is 1. The molecule has 2 rings (SSSR count). The maximum atomic E-state index is 3.52. The van der Waals surface area contributed by atoms with E-state index in [4.69, 9.17) is 0 Å². The van der Waals surface area contributed by atoms with Crippen LogP contribution < -0.4 is 5.32 Å². The summed E-state index contributed by atoms with van der Waals surface area (Å²) in [6.07, 6.45) is 4.26. The lowest BCUT2D eigenvalue weighted by molar-refractivity contribution is 0.0476. The molecule has 0 aromatic carbocycles. The van der Waals surface area contributed by atoms with Crippen LogP contribution in [0.1, 0.15) is 33.1 Å². The van der Waals surface area contributed by atoms with Crippen molar-refractivity contribution < 1.29 is 0 Å². The molecular weight excluding hydrogens is 110 g/mol. The average molecular weight is 125 g/mol. The molecule has 1 aliphatic heterocycles. The highest BCUT2D eigenvalue weighted by Crippen LogP contribution is 2.51. The fraction of sp³-hybridized carbons (Fsp3) is 1.00. The summed E-state index contributed by atoms with van der Waals surface area (Å²) < 4.78 is 0. The maximum absolute atomic E-state index is 3.52. The van der Waals surface area contributed by atoms with Crippen LogP contribution in [0, 0.1) is 5.41 Å². The Morgan fingerprint density at radius 2 is 2.00 bits per heavy atom. The van der Waals surface area contributed by atoms with Crippen LogP contribution in [0.3, 0.4) is 0 Å². The summed E-state index contributed by atoms with van der Waals surface area (Å²) in [5.74, 6) is 0. The normalized spacial score (nSPS) is 56.7. The minimum absolute atomic E-state index is 0.521. The number of hydrogen-bond acceptors (Lipinski definition) is 1. The zero-order valence-corrected chi connectivity index (χ0v) is 6.33. The van der Waals surface area contributed by atoms with E-state index < -0.39 is 0 Å². The van der Waals surface area contributed by atoms with Gasteiger partial charge in [-0.15, -0.1) is 0 Å². The predicted octanol–water partition coefficient (Wildman–Crippen LogP) is 1.54. The molecule has 2 fully saturated rings. The molecule has 0 bridgehead atoms. The molecule has 1 heterocycles. The lowest BCUT2D eigenvalue weighted by atomic mass is 9.68.